The van der Waals surface area contributed by atoms with E-state index in [4.69, 9.17) is 16.3 Å². The van der Waals surface area contributed by atoms with Gasteiger partial charge in [-0.1, -0.05) is 36.2 Å². The smallest absolute Gasteiger partial charge is 0.335 e. The first kappa shape index (κ1) is 27.3. The Balaban J connectivity index is 1.12. The number of nitrogens with zero attached hydrogens (tertiary/aromatic N) is 3. The molecule has 3 N–H and O–H groups in total. The summed E-state index contributed by atoms with van der Waals surface area (Å²) in [6.45, 7) is 5.17. The first-order valence-electron chi connectivity index (χ1n) is 15.0. The molecule has 0 spiro atoms. The Morgan fingerprint density at radius 1 is 1.10 bits per heavy atom. The van der Waals surface area contributed by atoms with Crippen LogP contribution in [0, 0.1) is 0 Å². The Hall–Kier alpha value is -3.53. The van der Waals surface area contributed by atoms with Crippen LogP contribution in [-0.2, 0) is 16.7 Å². The number of halogens is 1. The zero-order chi connectivity index (χ0) is 28.8. The number of nitrogens with one attached hydrogen (secondary N) is 2. The molecule has 0 radical (unpaired) electrons. The molecule has 2 fully saturated rings. The summed E-state index contributed by atoms with van der Waals surface area (Å²) < 4.78 is 8.48. The summed E-state index contributed by atoms with van der Waals surface area (Å²) in [5.41, 5.74) is 3.52. The van der Waals surface area contributed by atoms with Crippen LogP contribution in [0.1, 0.15) is 66.2 Å². The minimum absolute atomic E-state index is 0.116. The standard InChI is InChI=1S/C32H36ClN5O4/c33-25-20-34-27-19-21(4-9-24(25)27)29(39)35-26-3-1-13-37-28(26)30(40)38(31(37)41)23-7-5-22(6-8-23)32(10-2-11-32)12-14-36-15-17-42-18-16-36/h4-9,19-20,26,34,40H,1-3,10-18H2,(H,35,39)/t26-/m1/s1. The van der Waals surface area contributed by atoms with Crippen LogP contribution in [0.3, 0.4) is 0 Å². The molecule has 1 amide bonds. The molecule has 4 aromatic rings. The lowest BCUT2D eigenvalue weighted by atomic mass is 9.62. The number of H-pyrrole nitrogens is 1. The van der Waals surface area contributed by atoms with E-state index in [1.54, 1.807) is 22.9 Å². The van der Waals surface area contributed by atoms with Gasteiger partial charge in [0, 0.05) is 42.3 Å². The highest BCUT2D eigenvalue weighted by Gasteiger charge is 2.39. The first-order valence-corrected chi connectivity index (χ1v) is 15.3. The molecular weight excluding hydrogens is 554 g/mol. The highest BCUT2D eigenvalue weighted by molar-refractivity contribution is 6.35. The van der Waals surface area contributed by atoms with Crippen LogP contribution in [0.5, 0.6) is 5.88 Å². The molecule has 3 aliphatic rings. The van der Waals surface area contributed by atoms with Crippen LogP contribution < -0.4 is 11.0 Å². The van der Waals surface area contributed by atoms with Crippen molar-refractivity contribution in [2.24, 2.45) is 0 Å². The van der Waals surface area contributed by atoms with Gasteiger partial charge in [-0.25, -0.2) is 9.36 Å². The van der Waals surface area contributed by atoms with Gasteiger partial charge in [0.2, 0.25) is 5.88 Å². The number of rotatable bonds is 7. The van der Waals surface area contributed by atoms with Crippen molar-refractivity contribution in [3.8, 4) is 11.6 Å². The zero-order valence-electron chi connectivity index (χ0n) is 23.6. The lowest BCUT2D eigenvalue weighted by Crippen LogP contribution is -2.42. The number of hydrogen-bond donors (Lipinski definition) is 3. The number of carbonyl (C=O) groups is 1. The quantitative estimate of drug-likeness (QED) is 0.285. The second-order valence-electron chi connectivity index (χ2n) is 11.9. The van der Waals surface area contributed by atoms with Crippen molar-refractivity contribution < 1.29 is 14.6 Å². The van der Waals surface area contributed by atoms with E-state index in [9.17, 15) is 14.7 Å². The van der Waals surface area contributed by atoms with Crippen LogP contribution in [0.4, 0.5) is 0 Å². The van der Waals surface area contributed by atoms with Gasteiger partial charge in [0.15, 0.2) is 0 Å². The lowest BCUT2D eigenvalue weighted by molar-refractivity contribution is 0.0311. The molecule has 7 rings (SSSR count). The van der Waals surface area contributed by atoms with Gasteiger partial charge >= 0.3 is 5.69 Å². The number of aromatic amines is 1. The fourth-order valence-corrected chi connectivity index (χ4v) is 7.21. The SMILES string of the molecule is O=C(N[C@@H]1CCCn2c1c(O)n(-c1ccc(C3(CCN4CCOCC4)CCC3)cc1)c2=O)c1ccc2c(Cl)c[nH]c2c1. The maximum absolute atomic E-state index is 13.5. The number of aromatic nitrogens is 3. The largest absolute Gasteiger partial charge is 0.493 e. The summed E-state index contributed by atoms with van der Waals surface area (Å²) in [6.07, 6.45) is 7.74. The normalized spacial score (nSPS) is 20.3. The van der Waals surface area contributed by atoms with Gasteiger partial charge in [0.05, 0.1) is 30.0 Å². The maximum Gasteiger partial charge on any atom is 0.335 e. The molecule has 2 aromatic heterocycles. The summed E-state index contributed by atoms with van der Waals surface area (Å²) in [5.74, 6) is -0.386. The molecule has 1 atom stereocenters. The Morgan fingerprint density at radius 2 is 1.88 bits per heavy atom. The number of carbonyl (C=O) groups excluding carboxylic acids is 1. The molecule has 1 aliphatic carbocycles. The molecular formula is C32H36ClN5O4. The number of amides is 1. The topological polar surface area (TPSA) is 105 Å². The first-order chi connectivity index (χ1) is 20.4. The number of ether oxygens (including phenoxy) is 1. The van der Waals surface area contributed by atoms with Gasteiger partial charge in [-0.2, -0.15) is 0 Å². The van der Waals surface area contributed by atoms with Crippen LogP contribution in [0.25, 0.3) is 16.6 Å². The van der Waals surface area contributed by atoms with E-state index in [0.29, 0.717) is 34.9 Å². The molecule has 220 valence electrons. The molecule has 1 saturated carbocycles. The maximum atomic E-state index is 13.5. The van der Waals surface area contributed by atoms with Crippen LogP contribution >= 0.6 is 11.6 Å². The van der Waals surface area contributed by atoms with Crippen molar-refractivity contribution in [2.75, 3.05) is 32.8 Å². The van der Waals surface area contributed by atoms with Crippen LogP contribution in [0.2, 0.25) is 5.02 Å². The van der Waals surface area contributed by atoms with Crippen molar-refractivity contribution in [1.29, 1.82) is 0 Å². The number of imidazole rings is 1. The molecule has 10 heteroatoms. The molecule has 1 saturated heterocycles. The number of hydrogen-bond acceptors (Lipinski definition) is 5. The Morgan fingerprint density at radius 3 is 2.62 bits per heavy atom. The Labute approximate surface area is 249 Å². The predicted molar refractivity (Wildman–Crippen MR) is 162 cm³/mol. The van der Waals surface area contributed by atoms with Crippen molar-refractivity contribution in [3.63, 3.8) is 0 Å². The summed E-state index contributed by atoms with van der Waals surface area (Å²) in [5, 5.41) is 15.9. The molecule has 4 heterocycles. The van der Waals surface area contributed by atoms with Crippen molar-refractivity contribution in [3.05, 3.63) is 81.0 Å². The Kier molecular flexibility index (Phi) is 7.12. The van der Waals surface area contributed by atoms with E-state index in [0.717, 1.165) is 56.6 Å². The van der Waals surface area contributed by atoms with Gasteiger partial charge < -0.3 is 20.1 Å². The fraction of sp³-hybridized carbons (Fsp3) is 0.438. The van der Waals surface area contributed by atoms with E-state index < -0.39 is 6.04 Å². The highest BCUT2D eigenvalue weighted by Crippen LogP contribution is 2.47. The Bertz CT molecular complexity index is 1680. The van der Waals surface area contributed by atoms with E-state index in [2.05, 4.69) is 27.3 Å². The molecule has 2 aliphatic heterocycles. The second kappa shape index (κ2) is 10.9. The van der Waals surface area contributed by atoms with Crippen molar-refractivity contribution >= 4 is 28.4 Å². The van der Waals surface area contributed by atoms with Crippen LogP contribution in [0.15, 0.2) is 53.5 Å². The highest BCUT2D eigenvalue weighted by atomic mass is 35.5. The predicted octanol–water partition coefficient (Wildman–Crippen LogP) is 4.89. The van der Waals surface area contributed by atoms with Crippen molar-refractivity contribution in [1.82, 2.24) is 24.3 Å². The summed E-state index contributed by atoms with van der Waals surface area (Å²) in [7, 11) is 0. The van der Waals surface area contributed by atoms with Crippen LogP contribution in [-0.4, -0.2) is 62.9 Å². The fourth-order valence-electron chi connectivity index (χ4n) is 6.99. The third-order valence-electron chi connectivity index (χ3n) is 9.62. The minimum atomic E-state index is -0.485. The van der Waals surface area contributed by atoms with E-state index in [1.807, 2.05) is 18.2 Å². The lowest BCUT2D eigenvalue weighted by Gasteiger charge is -2.44. The summed E-state index contributed by atoms with van der Waals surface area (Å²) >= 11 is 6.19. The van der Waals surface area contributed by atoms with Gasteiger partial charge in [-0.15, -0.1) is 0 Å². The third-order valence-corrected chi connectivity index (χ3v) is 9.93. The van der Waals surface area contributed by atoms with Gasteiger partial charge in [-0.3, -0.25) is 14.3 Å². The molecule has 0 unspecified atom stereocenters. The number of fused-ring (bicyclic) bond motifs is 2. The average molecular weight is 590 g/mol. The monoisotopic (exact) mass is 589 g/mol. The summed E-state index contributed by atoms with van der Waals surface area (Å²) in [4.78, 5) is 32.3. The molecule has 0 bridgehead atoms. The number of benzene rings is 2. The average Bonchev–Trinajstić information content (AvgIpc) is 3.49. The molecule has 42 heavy (non-hydrogen) atoms. The minimum Gasteiger partial charge on any atom is -0.493 e. The van der Waals surface area contributed by atoms with E-state index >= 15 is 0 Å². The molecule has 2 aromatic carbocycles. The van der Waals surface area contributed by atoms with Gasteiger partial charge in [-0.05, 0) is 73.9 Å². The number of aromatic hydroxyl groups is 1. The number of morpholine rings is 1. The summed E-state index contributed by atoms with van der Waals surface area (Å²) in [6, 6.07) is 13.0. The third kappa shape index (κ3) is 4.73. The van der Waals surface area contributed by atoms with E-state index in [1.165, 1.54) is 29.4 Å². The zero-order valence-corrected chi connectivity index (χ0v) is 24.3. The second-order valence-corrected chi connectivity index (χ2v) is 12.3. The van der Waals surface area contributed by atoms with E-state index in [-0.39, 0.29) is 22.9 Å². The van der Waals surface area contributed by atoms with Gasteiger partial charge in [0.25, 0.3) is 5.91 Å². The van der Waals surface area contributed by atoms with Gasteiger partial charge in [0.1, 0.15) is 5.69 Å². The van der Waals surface area contributed by atoms with Crippen molar-refractivity contribution in [2.45, 2.75) is 56.5 Å². The molecule has 9 nitrogen and oxygen atoms in total.